The number of ketones is 1. The summed E-state index contributed by atoms with van der Waals surface area (Å²) in [4.78, 5) is 23.3. The Kier molecular flexibility index (Phi) is 4.02. The molecule has 0 fully saturated rings. The molecule has 1 heterocycles. The van der Waals surface area contributed by atoms with E-state index in [4.69, 9.17) is 9.47 Å². The SMILES string of the molecule is COC(=O)[C@H]1CN(c2ccc(OC)cc2)N=C1C(C)=O. The monoisotopic (exact) mass is 276 g/mol. The maximum absolute atomic E-state index is 11.7. The number of hydrazone groups is 1. The molecule has 0 bridgehead atoms. The zero-order valence-corrected chi connectivity index (χ0v) is 11.6. The molecule has 1 atom stereocenters. The third-order valence-corrected chi connectivity index (χ3v) is 3.13. The molecule has 0 unspecified atom stereocenters. The number of hydrogen-bond donors (Lipinski definition) is 0. The number of hydrogen-bond acceptors (Lipinski definition) is 6. The molecule has 1 aliphatic heterocycles. The van der Waals surface area contributed by atoms with Gasteiger partial charge < -0.3 is 9.47 Å². The molecule has 0 spiro atoms. The molecule has 0 N–H and O–H groups in total. The number of Topliss-reactive ketones (excluding diaryl/α,β-unsaturated/α-hetero) is 1. The summed E-state index contributed by atoms with van der Waals surface area (Å²) in [6.07, 6.45) is 0. The van der Waals surface area contributed by atoms with Crippen molar-refractivity contribution in [2.45, 2.75) is 6.92 Å². The van der Waals surface area contributed by atoms with Crippen molar-refractivity contribution >= 4 is 23.2 Å². The highest BCUT2D eigenvalue weighted by atomic mass is 16.5. The predicted octanol–water partition coefficient (Wildman–Crippen LogP) is 1.25. The maximum Gasteiger partial charge on any atom is 0.316 e. The van der Waals surface area contributed by atoms with E-state index in [-0.39, 0.29) is 11.5 Å². The Morgan fingerprint density at radius 3 is 2.40 bits per heavy atom. The molecule has 1 aliphatic rings. The zero-order valence-electron chi connectivity index (χ0n) is 11.6. The minimum absolute atomic E-state index is 0.226. The summed E-state index contributed by atoms with van der Waals surface area (Å²) < 4.78 is 9.80. The Bertz CT molecular complexity index is 551. The Hall–Kier alpha value is -2.37. The van der Waals surface area contributed by atoms with Gasteiger partial charge in [-0.3, -0.25) is 14.6 Å². The number of anilines is 1. The van der Waals surface area contributed by atoms with Gasteiger partial charge in [0.05, 0.1) is 26.5 Å². The zero-order chi connectivity index (χ0) is 14.7. The van der Waals surface area contributed by atoms with Crippen LogP contribution in [0.4, 0.5) is 5.69 Å². The molecule has 0 amide bonds. The minimum atomic E-state index is -0.639. The summed E-state index contributed by atoms with van der Waals surface area (Å²) >= 11 is 0. The fourth-order valence-corrected chi connectivity index (χ4v) is 2.06. The maximum atomic E-state index is 11.7. The van der Waals surface area contributed by atoms with E-state index in [1.165, 1.54) is 14.0 Å². The lowest BCUT2D eigenvalue weighted by molar-refractivity contribution is -0.142. The number of rotatable bonds is 4. The van der Waals surface area contributed by atoms with Crippen LogP contribution < -0.4 is 9.75 Å². The summed E-state index contributed by atoms with van der Waals surface area (Å²) in [5.41, 5.74) is 1.02. The van der Waals surface area contributed by atoms with Crippen molar-refractivity contribution in [3.63, 3.8) is 0 Å². The molecule has 106 valence electrons. The second-order valence-electron chi connectivity index (χ2n) is 4.40. The standard InChI is InChI=1S/C14H16N2O4/c1-9(17)13-12(14(18)20-3)8-16(15-13)10-4-6-11(19-2)7-5-10/h4-7,12H,8H2,1-3H3/t12-/m0/s1. The molecule has 0 saturated heterocycles. The molecular formula is C14H16N2O4. The molecule has 1 aromatic rings. The molecule has 1 aromatic carbocycles. The first-order valence-electron chi connectivity index (χ1n) is 6.15. The Morgan fingerprint density at radius 2 is 1.90 bits per heavy atom. The van der Waals surface area contributed by atoms with Crippen molar-refractivity contribution < 1.29 is 19.1 Å². The highest BCUT2D eigenvalue weighted by molar-refractivity contribution is 6.43. The summed E-state index contributed by atoms with van der Waals surface area (Å²) in [6.45, 7) is 1.69. The van der Waals surface area contributed by atoms with Crippen LogP contribution >= 0.6 is 0 Å². The number of ether oxygens (including phenoxy) is 2. The van der Waals surface area contributed by atoms with E-state index in [9.17, 15) is 9.59 Å². The molecule has 6 heteroatoms. The fourth-order valence-electron chi connectivity index (χ4n) is 2.06. The Morgan fingerprint density at radius 1 is 1.25 bits per heavy atom. The molecular weight excluding hydrogens is 260 g/mol. The van der Waals surface area contributed by atoms with Gasteiger partial charge in [0.1, 0.15) is 17.4 Å². The van der Waals surface area contributed by atoms with E-state index < -0.39 is 11.9 Å². The lowest BCUT2D eigenvalue weighted by atomic mass is 10.0. The van der Waals surface area contributed by atoms with E-state index in [1.807, 2.05) is 12.1 Å². The van der Waals surface area contributed by atoms with Crippen LogP contribution in [0.2, 0.25) is 0 Å². The number of esters is 1. The first-order valence-corrected chi connectivity index (χ1v) is 6.15. The molecule has 0 saturated carbocycles. The highest BCUT2D eigenvalue weighted by Crippen LogP contribution is 2.25. The topological polar surface area (TPSA) is 68.2 Å². The first-order chi connectivity index (χ1) is 9.56. The van der Waals surface area contributed by atoms with E-state index in [0.717, 1.165) is 11.4 Å². The Balaban J connectivity index is 2.26. The predicted molar refractivity (Wildman–Crippen MR) is 74.0 cm³/mol. The van der Waals surface area contributed by atoms with E-state index in [2.05, 4.69) is 5.10 Å². The normalized spacial score (nSPS) is 17.6. The van der Waals surface area contributed by atoms with Crippen molar-refractivity contribution in [2.75, 3.05) is 25.8 Å². The quantitative estimate of drug-likeness (QED) is 0.774. The second-order valence-corrected chi connectivity index (χ2v) is 4.40. The van der Waals surface area contributed by atoms with Crippen LogP contribution in [0, 0.1) is 5.92 Å². The van der Waals surface area contributed by atoms with Gasteiger partial charge in [0.2, 0.25) is 0 Å². The fraction of sp³-hybridized carbons (Fsp3) is 0.357. The lowest BCUT2D eigenvalue weighted by Gasteiger charge is -2.15. The van der Waals surface area contributed by atoms with Crippen LogP contribution in [0.1, 0.15) is 6.92 Å². The Labute approximate surface area is 117 Å². The summed E-state index contributed by atoms with van der Waals surface area (Å²) in [5.74, 6) is -0.584. The number of carbonyl (C=O) groups excluding carboxylic acids is 2. The highest BCUT2D eigenvalue weighted by Gasteiger charge is 2.36. The van der Waals surface area contributed by atoms with Gasteiger partial charge >= 0.3 is 5.97 Å². The third kappa shape index (κ3) is 2.64. The number of benzene rings is 1. The molecule has 20 heavy (non-hydrogen) atoms. The van der Waals surface area contributed by atoms with Crippen LogP contribution in [0.5, 0.6) is 5.75 Å². The van der Waals surface area contributed by atoms with Crippen LogP contribution in [-0.4, -0.2) is 38.2 Å². The molecule has 2 rings (SSSR count). The van der Waals surface area contributed by atoms with E-state index in [1.54, 1.807) is 24.3 Å². The first kappa shape index (κ1) is 14.0. The second kappa shape index (κ2) is 5.73. The number of methoxy groups -OCH3 is 2. The van der Waals surface area contributed by atoms with Crippen molar-refractivity contribution in [3.05, 3.63) is 24.3 Å². The van der Waals surface area contributed by atoms with Crippen molar-refractivity contribution in [1.29, 1.82) is 0 Å². The largest absolute Gasteiger partial charge is 0.497 e. The van der Waals surface area contributed by atoms with Crippen LogP contribution in [-0.2, 0) is 14.3 Å². The summed E-state index contributed by atoms with van der Waals surface area (Å²) in [7, 11) is 2.89. The minimum Gasteiger partial charge on any atom is -0.497 e. The number of carbonyl (C=O) groups is 2. The van der Waals surface area contributed by atoms with E-state index in [0.29, 0.717) is 6.54 Å². The van der Waals surface area contributed by atoms with Crippen molar-refractivity contribution in [1.82, 2.24) is 0 Å². The smallest absolute Gasteiger partial charge is 0.316 e. The van der Waals surface area contributed by atoms with Gasteiger partial charge in [0, 0.05) is 6.92 Å². The van der Waals surface area contributed by atoms with Gasteiger partial charge in [0.15, 0.2) is 5.78 Å². The van der Waals surface area contributed by atoms with Gasteiger partial charge in [-0.2, -0.15) is 5.10 Å². The molecule has 0 aliphatic carbocycles. The van der Waals surface area contributed by atoms with Gasteiger partial charge in [-0.1, -0.05) is 0 Å². The average Bonchev–Trinajstić information content (AvgIpc) is 2.92. The average molecular weight is 276 g/mol. The van der Waals surface area contributed by atoms with Gasteiger partial charge in [-0.05, 0) is 24.3 Å². The van der Waals surface area contributed by atoms with Crippen molar-refractivity contribution in [3.8, 4) is 5.75 Å². The van der Waals surface area contributed by atoms with E-state index >= 15 is 0 Å². The van der Waals surface area contributed by atoms with Crippen LogP contribution in [0.3, 0.4) is 0 Å². The summed E-state index contributed by atoms with van der Waals surface area (Å²) in [5, 5.41) is 5.85. The van der Waals surface area contributed by atoms with Gasteiger partial charge in [-0.15, -0.1) is 0 Å². The van der Waals surface area contributed by atoms with Crippen LogP contribution in [0.25, 0.3) is 0 Å². The molecule has 0 radical (unpaired) electrons. The summed E-state index contributed by atoms with van der Waals surface area (Å²) in [6, 6.07) is 7.23. The van der Waals surface area contributed by atoms with Crippen molar-refractivity contribution in [2.24, 2.45) is 11.0 Å². The molecule has 6 nitrogen and oxygen atoms in total. The van der Waals surface area contributed by atoms with Gasteiger partial charge in [0.25, 0.3) is 0 Å². The third-order valence-electron chi connectivity index (χ3n) is 3.13. The molecule has 0 aromatic heterocycles. The van der Waals surface area contributed by atoms with Gasteiger partial charge in [-0.25, -0.2) is 0 Å². The number of nitrogens with zero attached hydrogens (tertiary/aromatic N) is 2. The lowest BCUT2D eigenvalue weighted by Crippen LogP contribution is -2.30. The van der Waals surface area contributed by atoms with Crippen LogP contribution in [0.15, 0.2) is 29.4 Å².